The number of hydrogen-bond donors (Lipinski definition) is 1. The molecule has 0 amide bonds. The molecule has 3 nitrogen and oxygen atoms in total. The van der Waals surface area contributed by atoms with E-state index in [-0.39, 0.29) is 5.02 Å². The van der Waals surface area contributed by atoms with Crippen molar-refractivity contribution in [2.75, 3.05) is 7.05 Å². The van der Waals surface area contributed by atoms with Crippen LogP contribution in [-0.4, -0.2) is 12.0 Å². The lowest BCUT2D eigenvalue weighted by Gasteiger charge is -2.09. The van der Waals surface area contributed by atoms with Crippen molar-refractivity contribution >= 4 is 27.5 Å². The van der Waals surface area contributed by atoms with Gasteiger partial charge in [-0.2, -0.15) is 0 Å². The molecule has 0 radical (unpaired) electrons. The van der Waals surface area contributed by atoms with Gasteiger partial charge in [-0.3, -0.25) is 0 Å². The van der Waals surface area contributed by atoms with Gasteiger partial charge in [0.1, 0.15) is 11.6 Å². The molecular formula is C13H11BrClFN2O. The number of nitrogens with zero attached hydrogens (tertiary/aromatic N) is 1. The van der Waals surface area contributed by atoms with Crippen molar-refractivity contribution in [2.24, 2.45) is 0 Å². The summed E-state index contributed by atoms with van der Waals surface area (Å²) in [5.41, 5.74) is 1.03. The van der Waals surface area contributed by atoms with Crippen LogP contribution in [0.4, 0.5) is 4.39 Å². The molecule has 0 saturated carbocycles. The molecule has 0 fully saturated rings. The minimum absolute atomic E-state index is 0.0381. The van der Waals surface area contributed by atoms with E-state index in [4.69, 9.17) is 16.3 Å². The minimum Gasteiger partial charge on any atom is -0.438 e. The average molecular weight is 346 g/mol. The number of nitrogens with one attached hydrogen (secondary N) is 1. The number of pyridine rings is 1. The zero-order chi connectivity index (χ0) is 13.8. The normalized spacial score (nSPS) is 10.5. The Kier molecular flexibility index (Phi) is 4.74. The second-order valence-corrected chi connectivity index (χ2v) is 5.09. The Bertz CT molecular complexity index is 595. The third kappa shape index (κ3) is 3.65. The summed E-state index contributed by atoms with van der Waals surface area (Å²) >= 11 is 8.94. The van der Waals surface area contributed by atoms with Gasteiger partial charge < -0.3 is 10.1 Å². The van der Waals surface area contributed by atoms with Crippen LogP contribution in [0, 0.1) is 5.82 Å². The van der Waals surface area contributed by atoms with Crippen molar-refractivity contribution in [3.05, 3.63) is 51.3 Å². The van der Waals surface area contributed by atoms with Gasteiger partial charge in [-0.1, -0.05) is 11.6 Å². The van der Waals surface area contributed by atoms with Gasteiger partial charge in [0.2, 0.25) is 5.88 Å². The summed E-state index contributed by atoms with van der Waals surface area (Å²) < 4.78 is 19.5. The number of rotatable bonds is 4. The molecule has 0 aliphatic carbocycles. The highest BCUT2D eigenvalue weighted by Gasteiger charge is 2.09. The molecule has 19 heavy (non-hydrogen) atoms. The average Bonchev–Trinajstić information content (AvgIpc) is 2.37. The van der Waals surface area contributed by atoms with Crippen molar-refractivity contribution in [1.29, 1.82) is 0 Å². The van der Waals surface area contributed by atoms with Crippen LogP contribution in [0.2, 0.25) is 5.02 Å². The monoisotopic (exact) mass is 344 g/mol. The molecule has 2 rings (SSSR count). The second-order valence-electron chi connectivity index (χ2n) is 3.83. The zero-order valence-corrected chi connectivity index (χ0v) is 12.4. The molecule has 0 saturated heterocycles. The lowest BCUT2D eigenvalue weighted by Crippen LogP contribution is -2.05. The van der Waals surface area contributed by atoms with Crippen molar-refractivity contribution in [3.63, 3.8) is 0 Å². The molecule has 100 valence electrons. The SMILES string of the molecule is CNCc1ccnc(Oc2cc(F)c(Cl)cc2Br)c1. The molecule has 2 aromatic rings. The van der Waals surface area contributed by atoms with Crippen LogP contribution < -0.4 is 10.1 Å². The van der Waals surface area contributed by atoms with Crippen LogP contribution >= 0.6 is 27.5 Å². The molecule has 1 aromatic heterocycles. The van der Waals surface area contributed by atoms with E-state index in [9.17, 15) is 4.39 Å². The summed E-state index contributed by atoms with van der Waals surface area (Å²) in [6.07, 6.45) is 1.64. The van der Waals surface area contributed by atoms with Gasteiger partial charge in [0.25, 0.3) is 0 Å². The first-order valence-corrected chi connectivity index (χ1v) is 6.69. The van der Waals surface area contributed by atoms with Gasteiger partial charge in [-0.05, 0) is 40.7 Å². The topological polar surface area (TPSA) is 34.2 Å². The Morgan fingerprint density at radius 3 is 2.95 bits per heavy atom. The Morgan fingerprint density at radius 2 is 2.21 bits per heavy atom. The molecule has 0 aliphatic rings. The Morgan fingerprint density at radius 1 is 1.42 bits per heavy atom. The highest BCUT2D eigenvalue weighted by atomic mass is 79.9. The lowest BCUT2D eigenvalue weighted by molar-refractivity contribution is 0.454. The van der Waals surface area contributed by atoms with E-state index in [0.29, 0.717) is 22.6 Å². The van der Waals surface area contributed by atoms with Crippen molar-refractivity contribution < 1.29 is 9.13 Å². The van der Waals surface area contributed by atoms with E-state index in [0.717, 1.165) is 5.56 Å². The quantitative estimate of drug-likeness (QED) is 0.845. The van der Waals surface area contributed by atoms with E-state index < -0.39 is 5.82 Å². The van der Waals surface area contributed by atoms with Crippen molar-refractivity contribution in [3.8, 4) is 11.6 Å². The summed E-state index contributed by atoms with van der Waals surface area (Å²) in [5, 5.41) is 3.07. The minimum atomic E-state index is -0.536. The van der Waals surface area contributed by atoms with E-state index >= 15 is 0 Å². The van der Waals surface area contributed by atoms with Gasteiger partial charge in [-0.25, -0.2) is 9.37 Å². The van der Waals surface area contributed by atoms with Gasteiger partial charge >= 0.3 is 0 Å². The predicted octanol–water partition coefficient (Wildman–Crippen LogP) is 4.15. The summed E-state index contributed by atoms with van der Waals surface area (Å²) in [4.78, 5) is 4.08. The first-order valence-electron chi connectivity index (χ1n) is 5.52. The van der Waals surface area contributed by atoms with Gasteiger partial charge in [-0.15, -0.1) is 0 Å². The van der Waals surface area contributed by atoms with Crippen LogP contribution in [0.1, 0.15) is 5.56 Å². The number of hydrogen-bond acceptors (Lipinski definition) is 3. The molecule has 0 unspecified atom stereocenters. The summed E-state index contributed by atoms with van der Waals surface area (Å²) in [6, 6.07) is 6.33. The largest absolute Gasteiger partial charge is 0.438 e. The molecule has 0 aliphatic heterocycles. The molecule has 0 bridgehead atoms. The van der Waals surface area contributed by atoms with Gasteiger partial charge in [0.15, 0.2) is 0 Å². The maximum Gasteiger partial charge on any atom is 0.219 e. The molecule has 1 aromatic carbocycles. The Balaban J connectivity index is 2.25. The summed E-state index contributed by atoms with van der Waals surface area (Å²) in [6.45, 7) is 0.703. The zero-order valence-electron chi connectivity index (χ0n) is 10.1. The maximum absolute atomic E-state index is 13.4. The standard InChI is InChI=1S/C13H11BrClFN2O/c1-17-7-8-2-3-18-13(4-8)19-12-6-11(16)10(15)5-9(12)14/h2-6,17H,7H2,1H3. The van der Waals surface area contributed by atoms with Gasteiger partial charge in [0, 0.05) is 24.9 Å². The number of aromatic nitrogens is 1. The Hall–Kier alpha value is -1.17. The van der Waals surface area contributed by atoms with Crippen LogP contribution in [0.15, 0.2) is 34.9 Å². The Labute approximate surface area is 123 Å². The van der Waals surface area contributed by atoms with Crippen LogP contribution in [0.3, 0.4) is 0 Å². The van der Waals surface area contributed by atoms with E-state index in [2.05, 4.69) is 26.2 Å². The van der Waals surface area contributed by atoms with E-state index in [1.165, 1.54) is 12.1 Å². The first-order chi connectivity index (χ1) is 9.10. The molecule has 0 spiro atoms. The van der Waals surface area contributed by atoms with Crippen LogP contribution in [-0.2, 0) is 6.54 Å². The summed E-state index contributed by atoms with van der Waals surface area (Å²) in [5.74, 6) is 0.192. The molecule has 1 heterocycles. The molecule has 1 N–H and O–H groups in total. The number of halogens is 3. The van der Waals surface area contributed by atoms with Gasteiger partial charge in [0.05, 0.1) is 9.50 Å². The predicted molar refractivity (Wildman–Crippen MR) is 76.2 cm³/mol. The number of ether oxygens (including phenoxy) is 1. The van der Waals surface area contributed by atoms with Crippen molar-refractivity contribution in [2.45, 2.75) is 6.54 Å². The van der Waals surface area contributed by atoms with Crippen molar-refractivity contribution in [1.82, 2.24) is 10.3 Å². The molecule has 0 atom stereocenters. The fourth-order valence-corrected chi connectivity index (χ4v) is 2.24. The third-order valence-corrected chi connectivity index (χ3v) is 3.28. The third-order valence-electron chi connectivity index (χ3n) is 2.37. The highest BCUT2D eigenvalue weighted by Crippen LogP contribution is 2.33. The van der Waals surface area contributed by atoms with E-state index in [1.807, 2.05) is 13.1 Å². The lowest BCUT2D eigenvalue weighted by atomic mass is 10.2. The highest BCUT2D eigenvalue weighted by molar-refractivity contribution is 9.10. The molecular weight excluding hydrogens is 335 g/mol. The molecule has 6 heteroatoms. The van der Waals surface area contributed by atoms with Crippen LogP contribution in [0.5, 0.6) is 11.6 Å². The fraction of sp³-hybridized carbons (Fsp3) is 0.154. The number of benzene rings is 1. The smallest absolute Gasteiger partial charge is 0.219 e. The first kappa shape index (κ1) is 14.2. The second kappa shape index (κ2) is 6.32. The fourth-order valence-electron chi connectivity index (χ4n) is 1.52. The van der Waals surface area contributed by atoms with Crippen LogP contribution in [0.25, 0.3) is 0 Å². The van der Waals surface area contributed by atoms with E-state index in [1.54, 1.807) is 12.3 Å². The summed E-state index contributed by atoms with van der Waals surface area (Å²) in [7, 11) is 1.85. The maximum atomic E-state index is 13.4.